The highest BCUT2D eigenvalue weighted by molar-refractivity contribution is 7.99. The van der Waals surface area contributed by atoms with Gasteiger partial charge >= 0.3 is 0 Å². The second-order valence-electron chi connectivity index (χ2n) is 7.64. The minimum Gasteiger partial charge on any atom is -0.454 e. The number of fused-ring (bicyclic) bond motifs is 4. The van der Waals surface area contributed by atoms with Crippen LogP contribution in [0.5, 0.6) is 11.5 Å². The molecular weight excluding hydrogens is 418 g/mol. The second-order valence-corrected chi connectivity index (χ2v) is 8.75. The van der Waals surface area contributed by atoms with E-state index in [1.165, 1.54) is 0 Å². The van der Waals surface area contributed by atoms with Crippen LogP contribution in [0.1, 0.15) is 33.8 Å². The van der Waals surface area contributed by atoms with E-state index in [1.54, 1.807) is 35.7 Å². The summed E-state index contributed by atoms with van der Waals surface area (Å²) >= 11 is 1.57. The van der Waals surface area contributed by atoms with Crippen LogP contribution in [0.4, 0.5) is 0 Å². The lowest BCUT2D eigenvalue weighted by Crippen LogP contribution is -2.52. The van der Waals surface area contributed by atoms with Crippen LogP contribution in [0.2, 0.25) is 0 Å². The summed E-state index contributed by atoms with van der Waals surface area (Å²) < 4.78 is 10.6. The highest BCUT2D eigenvalue weighted by atomic mass is 32.2. The third-order valence-corrected chi connectivity index (χ3v) is 6.96. The van der Waals surface area contributed by atoms with Crippen LogP contribution in [0.15, 0.2) is 42.5 Å². The summed E-state index contributed by atoms with van der Waals surface area (Å²) in [7, 11) is 0. The topological polar surface area (TPSA) is 97.0 Å². The van der Waals surface area contributed by atoms with E-state index in [1.807, 2.05) is 30.3 Å². The van der Waals surface area contributed by atoms with E-state index >= 15 is 0 Å². The lowest BCUT2D eigenvalue weighted by atomic mass is 10.1. The number of carbonyl (C=O) groups is 3. The fourth-order valence-electron chi connectivity index (χ4n) is 4.01. The molecule has 3 aliphatic heterocycles. The Balaban J connectivity index is 1.18. The molecule has 2 aromatic rings. The molecule has 3 heterocycles. The van der Waals surface area contributed by atoms with Gasteiger partial charge in [-0.15, -0.1) is 11.8 Å². The number of nitrogens with one attached hydrogen (secondary N) is 2. The summed E-state index contributed by atoms with van der Waals surface area (Å²) in [6.07, 6.45) is 0. The van der Waals surface area contributed by atoms with E-state index in [0.29, 0.717) is 29.4 Å². The van der Waals surface area contributed by atoms with Gasteiger partial charge in [0.25, 0.3) is 5.91 Å². The van der Waals surface area contributed by atoms with Gasteiger partial charge in [-0.3, -0.25) is 14.4 Å². The number of carbonyl (C=O) groups excluding carboxylic acids is 3. The molecule has 5 rings (SSSR count). The van der Waals surface area contributed by atoms with Gasteiger partial charge in [-0.1, -0.05) is 24.3 Å². The second kappa shape index (κ2) is 7.81. The first-order valence-electron chi connectivity index (χ1n) is 10.0. The van der Waals surface area contributed by atoms with Crippen molar-refractivity contribution in [3.8, 4) is 11.5 Å². The average Bonchev–Trinajstić information content (AvgIpc) is 3.48. The minimum absolute atomic E-state index is 0.134. The Kier molecular flexibility index (Phi) is 4.97. The predicted molar refractivity (Wildman–Crippen MR) is 114 cm³/mol. The van der Waals surface area contributed by atoms with Gasteiger partial charge in [0, 0.05) is 17.9 Å². The fraction of sp³-hybridized carbons (Fsp3) is 0.318. The summed E-state index contributed by atoms with van der Waals surface area (Å²) in [6, 6.07) is 11.6. The monoisotopic (exact) mass is 439 g/mol. The Morgan fingerprint density at radius 1 is 1.19 bits per heavy atom. The Bertz CT molecular complexity index is 1070. The highest BCUT2D eigenvalue weighted by Gasteiger charge is 2.48. The molecule has 2 N–H and O–H groups in total. The van der Waals surface area contributed by atoms with Crippen molar-refractivity contribution in [3.05, 3.63) is 59.2 Å². The van der Waals surface area contributed by atoms with E-state index in [9.17, 15) is 14.4 Å². The van der Waals surface area contributed by atoms with Crippen molar-refractivity contribution in [2.45, 2.75) is 30.9 Å². The van der Waals surface area contributed by atoms with Crippen LogP contribution in [0.25, 0.3) is 0 Å². The minimum atomic E-state index is -0.731. The van der Waals surface area contributed by atoms with Gasteiger partial charge in [-0.25, -0.2) is 0 Å². The number of hydrogen-bond donors (Lipinski definition) is 2. The molecular formula is C22H21N3O5S. The van der Waals surface area contributed by atoms with Crippen molar-refractivity contribution in [1.29, 1.82) is 0 Å². The molecule has 0 saturated carbocycles. The van der Waals surface area contributed by atoms with E-state index in [2.05, 4.69) is 10.6 Å². The zero-order valence-corrected chi connectivity index (χ0v) is 17.6. The molecule has 1 saturated heterocycles. The average molecular weight is 439 g/mol. The number of nitrogens with zero attached hydrogens (tertiary/aromatic N) is 1. The van der Waals surface area contributed by atoms with Crippen molar-refractivity contribution in [2.24, 2.45) is 0 Å². The predicted octanol–water partition coefficient (Wildman–Crippen LogP) is 1.81. The zero-order valence-electron chi connectivity index (χ0n) is 16.8. The van der Waals surface area contributed by atoms with Crippen molar-refractivity contribution in [3.63, 3.8) is 0 Å². The van der Waals surface area contributed by atoms with Crippen molar-refractivity contribution < 1.29 is 23.9 Å². The Labute approximate surface area is 183 Å². The van der Waals surface area contributed by atoms with Gasteiger partial charge in [0.15, 0.2) is 11.5 Å². The molecule has 1 fully saturated rings. The van der Waals surface area contributed by atoms with Crippen molar-refractivity contribution in [2.75, 3.05) is 12.5 Å². The smallest absolute Gasteiger partial charge is 0.256 e. The van der Waals surface area contributed by atoms with Gasteiger partial charge in [-0.05, 0) is 36.2 Å². The first-order chi connectivity index (χ1) is 15.0. The molecule has 31 heavy (non-hydrogen) atoms. The van der Waals surface area contributed by atoms with Crippen LogP contribution in [0.3, 0.4) is 0 Å². The molecule has 0 radical (unpaired) electrons. The van der Waals surface area contributed by atoms with Crippen LogP contribution < -0.4 is 20.1 Å². The molecule has 9 heteroatoms. The van der Waals surface area contributed by atoms with Gasteiger partial charge in [0.2, 0.25) is 18.6 Å². The Morgan fingerprint density at radius 2 is 2.00 bits per heavy atom. The normalized spacial score (nSPS) is 21.5. The number of thioether (sulfide) groups is 1. The largest absolute Gasteiger partial charge is 0.454 e. The molecule has 0 spiro atoms. The molecule has 0 aromatic heterocycles. The maximum absolute atomic E-state index is 12.9. The fourth-order valence-corrected chi connectivity index (χ4v) is 5.48. The molecule has 3 atom stereocenters. The van der Waals surface area contributed by atoms with Gasteiger partial charge in [-0.2, -0.15) is 0 Å². The van der Waals surface area contributed by atoms with E-state index in [4.69, 9.17) is 9.47 Å². The van der Waals surface area contributed by atoms with Crippen LogP contribution in [0, 0.1) is 0 Å². The number of ether oxygens (including phenoxy) is 2. The number of hydrogen-bond acceptors (Lipinski definition) is 6. The summed E-state index contributed by atoms with van der Waals surface area (Å²) in [5.74, 6) is 1.08. The molecule has 3 aliphatic rings. The first kappa shape index (κ1) is 19.7. The van der Waals surface area contributed by atoms with Crippen LogP contribution in [-0.2, 0) is 16.1 Å². The number of benzene rings is 2. The van der Waals surface area contributed by atoms with E-state index in [-0.39, 0.29) is 29.9 Å². The van der Waals surface area contributed by atoms with E-state index < -0.39 is 12.1 Å². The lowest BCUT2D eigenvalue weighted by molar-refractivity contribution is -0.130. The van der Waals surface area contributed by atoms with Crippen LogP contribution in [-0.4, -0.2) is 47.3 Å². The summed E-state index contributed by atoms with van der Waals surface area (Å²) in [5, 5.41) is 5.43. The summed E-state index contributed by atoms with van der Waals surface area (Å²) in [6.45, 7) is 2.13. The maximum Gasteiger partial charge on any atom is 0.256 e. The van der Waals surface area contributed by atoms with Gasteiger partial charge < -0.3 is 25.0 Å². The molecule has 3 amide bonds. The molecule has 2 aromatic carbocycles. The highest BCUT2D eigenvalue weighted by Crippen LogP contribution is 2.48. The molecule has 3 unspecified atom stereocenters. The zero-order chi connectivity index (χ0) is 21.5. The summed E-state index contributed by atoms with van der Waals surface area (Å²) in [5.41, 5.74) is 2.46. The quantitative estimate of drug-likeness (QED) is 0.738. The van der Waals surface area contributed by atoms with Gasteiger partial charge in [0.1, 0.15) is 17.5 Å². The lowest BCUT2D eigenvalue weighted by Gasteiger charge is -2.24. The molecule has 0 aliphatic carbocycles. The van der Waals surface area contributed by atoms with Crippen LogP contribution >= 0.6 is 11.8 Å². The third kappa shape index (κ3) is 3.48. The number of amides is 3. The first-order valence-corrected chi connectivity index (χ1v) is 11.1. The SMILES string of the molecule is CC(NC(=O)C1CSC2c3ccccc3C(=O)N12)C(=O)NCc1ccc2c(c1)OCO2. The summed E-state index contributed by atoms with van der Waals surface area (Å²) in [4.78, 5) is 39.8. The van der Waals surface area contributed by atoms with Crippen molar-refractivity contribution in [1.82, 2.24) is 15.5 Å². The molecule has 0 bridgehead atoms. The third-order valence-electron chi connectivity index (χ3n) is 5.65. The van der Waals surface area contributed by atoms with Crippen molar-refractivity contribution >= 4 is 29.5 Å². The molecule has 160 valence electrons. The Morgan fingerprint density at radius 3 is 2.87 bits per heavy atom. The molecule has 8 nitrogen and oxygen atoms in total. The van der Waals surface area contributed by atoms with E-state index in [0.717, 1.165) is 11.1 Å². The standard InChI is InChI=1S/C22H21N3O5S/c1-12(19(26)23-9-13-6-7-17-18(8-13)30-11-29-17)24-20(27)16-10-31-22-15-5-3-2-4-14(15)21(28)25(16)22/h2-8,12,16,22H,9-11H2,1H3,(H,23,26)(H,24,27). The van der Waals surface area contributed by atoms with Gasteiger partial charge in [0.05, 0.1) is 0 Å². The number of rotatable bonds is 5. The Hall–Kier alpha value is -3.20. The maximum atomic E-state index is 12.9.